The molecular formula is C37H30O3S2. The molecule has 5 heteroatoms. The summed E-state index contributed by atoms with van der Waals surface area (Å²) in [6.45, 7) is 0. The lowest BCUT2D eigenvalue weighted by atomic mass is 9.84. The zero-order valence-corrected chi connectivity index (χ0v) is 24.5. The predicted molar refractivity (Wildman–Crippen MR) is 170 cm³/mol. The SMILES string of the molecule is O=S(=O)([O-])C(c1ccccc1)(c1ccccc1)c1ccccc1.c1ccc([S+](c2ccccc2)c2ccccc2)cc1. The van der Waals surface area contributed by atoms with Gasteiger partial charge in [-0.05, 0) is 53.1 Å². The van der Waals surface area contributed by atoms with Crippen molar-refractivity contribution in [1.82, 2.24) is 0 Å². The van der Waals surface area contributed by atoms with Gasteiger partial charge in [0.15, 0.2) is 14.7 Å². The molecule has 0 radical (unpaired) electrons. The predicted octanol–water partition coefficient (Wildman–Crippen LogP) is 8.31. The van der Waals surface area contributed by atoms with Gasteiger partial charge in [0.2, 0.25) is 0 Å². The Balaban J connectivity index is 0.000000171. The van der Waals surface area contributed by atoms with E-state index in [2.05, 4.69) is 91.0 Å². The lowest BCUT2D eigenvalue weighted by Crippen LogP contribution is -2.38. The normalized spacial score (nSPS) is 11.4. The van der Waals surface area contributed by atoms with Crippen LogP contribution in [0.4, 0.5) is 0 Å². The molecule has 6 aromatic rings. The fourth-order valence-electron chi connectivity index (χ4n) is 5.03. The third-order valence-electron chi connectivity index (χ3n) is 6.85. The summed E-state index contributed by atoms with van der Waals surface area (Å²) >= 11 is 0. The van der Waals surface area contributed by atoms with Crippen molar-refractivity contribution < 1.29 is 13.0 Å². The van der Waals surface area contributed by atoms with E-state index in [1.54, 1.807) is 91.0 Å². The van der Waals surface area contributed by atoms with Crippen LogP contribution in [0, 0.1) is 0 Å². The monoisotopic (exact) mass is 586 g/mol. The lowest BCUT2D eigenvalue weighted by molar-refractivity contribution is 0.440. The standard InChI is InChI=1S/C19H16O3S.C18H15S/c20-23(21,22)19(16-10-4-1-5-11-16,17-12-6-2-7-13-17)18-14-8-3-9-15-18;1-4-10-16(11-5-1)19(17-12-6-2-7-13-17)18-14-8-3-9-15-18/h1-15H,(H,20,21,22);1-15H/q;+1/p-1. The molecule has 6 rings (SSSR count). The van der Waals surface area contributed by atoms with Gasteiger partial charge in [0.05, 0.1) is 10.9 Å². The molecule has 0 aliphatic carbocycles. The van der Waals surface area contributed by atoms with E-state index in [4.69, 9.17) is 0 Å². The molecule has 6 aromatic carbocycles. The van der Waals surface area contributed by atoms with Crippen LogP contribution < -0.4 is 0 Å². The summed E-state index contributed by atoms with van der Waals surface area (Å²) in [5, 5.41) is 0. The first kappa shape index (κ1) is 29.1. The largest absolute Gasteiger partial charge is 0.747 e. The molecule has 0 saturated heterocycles. The first-order valence-electron chi connectivity index (χ1n) is 13.5. The maximum atomic E-state index is 12.5. The Labute approximate surface area is 251 Å². The summed E-state index contributed by atoms with van der Waals surface area (Å²) in [6.07, 6.45) is 0. The van der Waals surface area contributed by atoms with E-state index in [0.29, 0.717) is 16.7 Å². The van der Waals surface area contributed by atoms with Gasteiger partial charge in [-0.3, -0.25) is 0 Å². The molecule has 0 amide bonds. The van der Waals surface area contributed by atoms with Crippen LogP contribution in [0.5, 0.6) is 0 Å². The van der Waals surface area contributed by atoms with Crippen LogP contribution in [0.25, 0.3) is 0 Å². The topological polar surface area (TPSA) is 57.2 Å². The number of hydrogen-bond acceptors (Lipinski definition) is 3. The number of benzene rings is 6. The Hall–Kier alpha value is -4.42. The van der Waals surface area contributed by atoms with Gasteiger partial charge in [0.25, 0.3) is 0 Å². The summed E-state index contributed by atoms with van der Waals surface area (Å²) in [6, 6.07) is 58.0. The average Bonchev–Trinajstić information content (AvgIpc) is 3.04. The van der Waals surface area contributed by atoms with Crippen LogP contribution in [0.3, 0.4) is 0 Å². The maximum Gasteiger partial charge on any atom is 0.166 e. The van der Waals surface area contributed by atoms with Crippen molar-refractivity contribution in [2.75, 3.05) is 0 Å². The van der Waals surface area contributed by atoms with Gasteiger partial charge in [0, 0.05) is 0 Å². The van der Waals surface area contributed by atoms with Crippen molar-refractivity contribution >= 4 is 21.0 Å². The van der Waals surface area contributed by atoms with E-state index in [1.165, 1.54) is 14.7 Å². The van der Waals surface area contributed by atoms with Gasteiger partial charge in [-0.1, -0.05) is 146 Å². The Morgan fingerprint density at radius 2 is 0.595 bits per heavy atom. The van der Waals surface area contributed by atoms with Gasteiger partial charge < -0.3 is 4.55 Å². The van der Waals surface area contributed by atoms with E-state index < -0.39 is 14.9 Å². The fraction of sp³-hybridized carbons (Fsp3) is 0.0270. The quantitative estimate of drug-likeness (QED) is 0.107. The number of rotatable bonds is 7. The molecule has 0 aromatic heterocycles. The molecule has 0 heterocycles. The molecule has 0 unspecified atom stereocenters. The molecule has 0 aliphatic rings. The lowest BCUT2D eigenvalue weighted by Gasteiger charge is -2.37. The summed E-state index contributed by atoms with van der Waals surface area (Å²) in [4.78, 5) is 4.08. The van der Waals surface area contributed by atoms with E-state index in [1.807, 2.05) is 0 Å². The van der Waals surface area contributed by atoms with Crippen LogP contribution in [-0.4, -0.2) is 13.0 Å². The summed E-state index contributed by atoms with van der Waals surface area (Å²) in [7, 11) is -4.75. The van der Waals surface area contributed by atoms with Crippen molar-refractivity contribution in [2.45, 2.75) is 19.4 Å². The minimum absolute atomic E-state index is 0.0146. The Kier molecular flexibility index (Phi) is 9.35. The van der Waals surface area contributed by atoms with Crippen LogP contribution >= 0.6 is 0 Å². The summed E-state index contributed by atoms with van der Waals surface area (Å²) < 4.78 is 35.7. The second-order valence-corrected chi connectivity index (χ2v) is 13.0. The zero-order chi connectivity index (χ0) is 29.3. The summed E-state index contributed by atoms with van der Waals surface area (Å²) in [5.41, 5.74) is 1.31. The van der Waals surface area contributed by atoms with E-state index in [0.717, 1.165) is 0 Å². The van der Waals surface area contributed by atoms with Crippen molar-refractivity contribution in [1.29, 1.82) is 0 Å². The zero-order valence-electron chi connectivity index (χ0n) is 22.9. The van der Waals surface area contributed by atoms with Gasteiger partial charge in [-0.25, -0.2) is 8.42 Å². The van der Waals surface area contributed by atoms with E-state index in [9.17, 15) is 13.0 Å². The molecule has 3 nitrogen and oxygen atoms in total. The smallest absolute Gasteiger partial charge is 0.166 e. The first-order chi connectivity index (χ1) is 20.5. The summed E-state index contributed by atoms with van der Waals surface area (Å²) in [5.74, 6) is 0. The highest BCUT2D eigenvalue weighted by molar-refractivity contribution is 7.97. The number of hydrogen-bond donors (Lipinski definition) is 0. The molecule has 42 heavy (non-hydrogen) atoms. The van der Waals surface area contributed by atoms with Crippen LogP contribution in [0.2, 0.25) is 0 Å². The molecule has 0 fully saturated rings. The van der Waals surface area contributed by atoms with Gasteiger partial charge in [-0.15, -0.1) is 0 Å². The van der Waals surface area contributed by atoms with Gasteiger partial charge >= 0.3 is 0 Å². The second kappa shape index (κ2) is 13.5. The highest BCUT2D eigenvalue weighted by Crippen LogP contribution is 2.43. The highest BCUT2D eigenvalue weighted by atomic mass is 32.2. The molecule has 208 valence electrons. The third-order valence-corrected chi connectivity index (χ3v) is 10.5. The molecule has 0 aliphatic heterocycles. The molecule has 0 bridgehead atoms. The van der Waals surface area contributed by atoms with Crippen LogP contribution in [0.15, 0.2) is 197 Å². The molecule has 0 spiro atoms. The first-order valence-corrected chi connectivity index (χ1v) is 16.2. The average molecular weight is 587 g/mol. The van der Waals surface area contributed by atoms with Crippen LogP contribution in [0.1, 0.15) is 16.7 Å². The van der Waals surface area contributed by atoms with Gasteiger partial charge in [0.1, 0.15) is 14.9 Å². The Morgan fingerprint density at radius 1 is 0.381 bits per heavy atom. The molecule has 0 saturated carbocycles. The minimum atomic E-state index is -4.74. The van der Waals surface area contributed by atoms with Crippen molar-refractivity contribution in [3.05, 3.63) is 199 Å². The van der Waals surface area contributed by atoms with Gasteiger partial charge in [-0.2, -0.15) is 0 Å². The Bertz CT molecular complexity index is 1570. The van der Waals surface area contributed by atoms with Crippen molar-refractivity contribution in [2.24, 2.45) is 0 Å². The van der Waals surface area contributed by atoms with Crippen molar-refractivity contribution in [3.8, 4) is 0 Å². The van der Waals surface area contributed by atoms with Crippen LogP contribution in [-0.2, 0) is 25.8 Å². The Morgan fingerprint density at radius 3 is 0.810 bits per heavy atom. The second-order valence-electron chi connectivity index (χ2n) is 9.48. The van der Waals surface area contributed by atoms with E-state index in [-0.39, 0.29) is 10.9 Å². The van der Waals surface area contributed by atoms with Crippen molar-refractivity contribution in [3.63, 3.8) is 0 Å². The maximum absolute atomic E-state index is 12.5. The third kappa shape index (κ3) is 6.24. The molecule has 0 N–H and O–H groups in total. The molecule has 0 atom stereocenters. The minimum Gasteiger partial charge on any atom is -0.747 e. The molecular weight excluding hydrogens is 557 g/mol. The fourth-order valence-corrected chi connectivity index (χ4v) is 8.41. The van der Waals surface area contributed by atoms with E-state index >= 15 is 0 Å². The highest BCUT2D eigenvalue weighted by Gasteiger charge is 2.43.